The van der Waals surface area contributed by atoms with E-state index < -0.39 is 10.1 Å². The third-order valence-electron chi connectivity index (χ3n) is 4.38. The van der Waals surface area contributed by atoms with Gasteiger partial charge in [-0.1, -0.05) is 13.8 Å². The van der Waals surface area contributed by atoms with Gasteiger partial charge in [-0.15, -0.1) is 0 Å². The number of hydrogen-bond acceptors (Lipinski definition) is 6. The Kier molecular flexibility index (Phi) is 11.5. The van der Waals surface area contributed by atoms with Gasteiger partial charge in [0.05, 0.1) is 38.4 Å². The summed E-state index contributed by atoms with van der Waals surface area (Å²) in [5.74, 6) is -0.827. The van der Waals surface area contributed by atoms with Crippen LogP contribution in [0.3, 0.4) is 0 Å². The SMILES string of the molecule is CCC(O)CC(C)NCC(C)C(=O)OCC[N+](C)(C)CCCS(=O)(=O)O. The van der Waals surface area contributed by atoms with E-state index in [-0.39, 0.29) is 36.4 Å². The van der Waals surface area contributed by atoms with E-state index in [1.165, 1.54) is 0 Å². The van der Waals surface area contributed by atoms with Crippen LogP contribution in [0, 0.1) is 5.92 Å². The van der Waals surface area contributed by atoms with Crippen molar-refractivity contribution in [3.8, 4) is 0 Å². The molecule has 0 aromatic rings. The second kappa shape index (κ2) is 11.9. The fraction of sp³-hybridized carbons (Fsp3) is 0.941. The highest BCUT2D eigenvalue weighted by Crippen LogP contribution is 2.05. The van der Waals surface area contributed by atoms with Gasteiger partial charge in [0.25, 0.3) is 10.1 Å². The quantitative estimate of drug-likeness (QED) is 0.224. The van der Waals surface area contributed by atoms with E-state index in [2.05, 4.69) is 5.32 Å². The molecule has 0 aromatic carbocycles. The summed E-state index contributed by atoms with van der Waals surface area (Å²) in [6.07, 6.45) is 1.37. The highest BCUT2D eigenvalue weighted by atomic mass is 32.2. The molecule has 0 bridgehead atoms. The average molecular weight is 398 g/mol. The van der Waals surface area contributed by atoms with E-state index in [0.717, 1.165) is 0 Å². The van der Waals surface area contributed by atoms with Crippen molar-refractivity contribution >= 4 is 16.1 Å². The minimum Gasteiger partial charge on any atom is -0.459 e. The van der Waals surface area contributed by atoms with Crippen molar-refractivity contribution in [3.63, 3.8) is 0 Å². The summed E-state index contributed by atoms with van der Waals surface area (Å²) in [6, 6.07) is 0.124. The number of ether oxygens (including phenoxy) is 1. The molecule has 0 fully saturated rings. The highest BCUT2D eigenvalue weighted by Gasteiger charge is 2.20. The largest absolute Gasteiger partial charge is 0.459 e. The third kappa shape index (κ3) is 13.5. The molecule has 0 heterocycles. The Morgan fingerprint density at radius 2 is 1.85 bits per heavy atom. The molecule has 0 aliphatic rings. The highest BCUT2D eigenvalue weighted by molar-refractivity contribution is 7.85. The molecule has 0 aliphatic carbocycles. The van der Waals surface area contributed by atoms with E-state index >= 15 is 0 Å². The molecule has 0 radical (unpaired) electrons. The van der Waals surface area contributed by atoms with Crippen LogP contribution < -0.4 is 5.32 Å². The number of aliphatic hydroxyl groups excluding tert-OH is 1. The second-order valence-electron chi connectivity index (χ2n) is 7.70. The molecule has 0 aliphatic heterocycles. The molecule has 3 N–H and O–H groups in total. The van der Waals surface area contributed by atoms with Gasteiger partial charge >= 0.3 is 5.97 Å². The monoisotopic (exact) mass is 397 g/mol. The molecular weight excluding hydrogens is 360 g/mol. The number of likely N-dealkylation sites (N-methyl/N-ethyl adjacent to an activating group) is 1. The van der Waals surface area contributed by atoms with Gasteiger partial charge in [0.1, 0.15) is 13.2 Å². The van der Waals surface area contributed by atoms with Gasteiger partial charge in [-0.3, -0.25) is 9.35 Å². The summed E-state index contributed by atoms with van der Waals surface area (Å²) in [4.78, 5) is 12.0. The fourth-order valence-corrected chi connectivity index (χ4v) is 2.94. The van der Waals surface area contributed by atoms with Gasteiger partial charge in [0.2, 0.25) is 0 Å². The lowest BCUT2D eigenvalue weighted by Gasteiger charge is -2.29. The first kappa shape index (κ1) is 25.3. The summed E-state index contributed by atoms with van der Waals surface area (Å²) in [5, 5.41) is 12.9. The molecule has 3 atom stereocenters. The van der Waals surface area contributed by atoms with Gasteiger partial charge in [-0.2, -0.15) is 8.42 Å². The number of aliphatic hydroxyl groups is 1. The van der Waals surface area contributed by atoms with Crippen LogP contribution in [0.1, 0.15) is 40.0 Å². The van der Waals surface area contributed by atoms with Crippen LogP contribution in [0.5, 0.6) is 0 Å². The number of hydrogen-bond donors (Lipinski definition) is 3. The van der Waals surface area contributed by atoms with Gasteiger partial charge in [-0.05, 0) is 19.8 Å². The van der Waals surface area contributed by atoms with Crippen LogP contribution in [-0.4, -0.2) is 86.8 Å². The molecular formula is C17H37N2O6S+. The zero-order valence-corrected chi connectivity index (χ0v) is 17.6. The Balaban J connectivity index is 4.04. The maximum atomic E-state index is 12.0. The molecule has 156 valence electrons. The summed E-state index contributed by atoms with van der Waals surface area (Å²) in [6.45, 7) is 7.57. The predicted octanol–water partition coefficient (Wildman–Crippen LogP) is 0.659. The molecule has 0 saturated carbocycles. The molecule has 0 rings (SSSR count). The summed E-state index contributed by atoms with van der Waals surface area (Å²) in [7, 11) is -0.0923. The number of quaternary nitrogens is 1. The minimum absolute atomic E-state index is 0.124. The number of nitrogens with zero attached hydrogens (tertiary/aromatic N) is 1. The van der Waals surface area contributed by atoms with Crippen LogP contribution in [-0.2, 0) is 19.6 Å². The Labute approximate surface area is 158 Å². The van der Waals surface area contributed by atoms with Crippen molar-refractivity contribution in [2.75, 3.05) is 46.1 Å². The van der Waals surface area contributed by atoms with Crippen LogP contribution >= 0.6 is 0 Å². The molecule has 0 saturated heterocycles. The molecule has 3 unspecified atom stereocenters. The van der Waals surface area contributed by atoms with Gasteiger partial charge < -0.3 is 19.6 Å². The van der Waals surface area contributed by atoms with Crippen LogP contribution in [0.4, 0.5) is 0 Å². The van der Waals surface area contributed by atoms with Crippen molar-refractivity contribution in [1.29, 1.82) is 0 Å². The smallest absolute Gasteiger partial charge is 0.310 e. The van der Waals surface area contributed by atoms with E-state index in [4.69, 9.17) is 9.29 Å². The maximum absolute atomic E-state index is 12.0. The number of nitrogens with one attached hydrogen (secondary N) is 1. The van der Waals surface area contributed by atoms with E-state index in [0.29, 0.717) is 43.4 Å². The van der Waals surface area contributed by atoms with Crippen LogP contribution in [0.2, 0.25) is 0 Å². The Bertz CT molecular complexity index is 509. The second-order valence-corrected chi connectivity index (χ2v) is 9.27. The summed E-state index contributed by atoms with van der Waals surface area (Å²) in [5.41, 5.74) is 0. The Morgan fingerprint density at radius 1 is 1.23 bits per heavy atom. The maximum Gasteiger partial charge on any atom is 0.310 e. The Hall–Kier alpha value is -0.740. The van der Waals surface area contributed by atoms with Crippen molar-refractivity contribution in [1.82, 2.24) is 5.32 Å². The van der Waals surface area contributed by atoms with Crippen molar-refractivity contribution in [3.05, 3.63) is 0 Å². The summed E-state index contributed by atoms with van der Waals surface area (Å²) < 4.78 is 36.0. The van der Waals surface area contributed by atoms with Gasteiger partial charge in [-0.25, -0.2) is 0 Å². The first-order valence-corrected chi connectivity index (χ1v) is 10.8. The van der Waals surface area contributed by atoms with Crippen LogP contribution in [0.15, 0.2) is 0 Å². The van der Waals surface area contributed by atoms with E-state index in [1.54, 1.807) is 6.92 Å². The van der Waals surface area contributed by atoms with E-state index in [9.17, 15) is 18.3 Å². The third-order valence-corrected chi connectivity index (χ3v) is 5.18. The Morgan fingerprint density at radius 3 is 2.38 bits per heavy atom. The average Bonchev–Trinajstić information content (AvgIpc) is 2.50. The van der Waals surface area contributed by atoms with Crippen molar-refractivity contribution in [2.24, 2.45) is 5.92 Å². The molecule has 0 amide bonds. The topological polar surface area (TPSA) is 113 Å². The predicted molar refractivity (Wildman–Crippen MR) is 101 cm³/mol. The molecule has 0 aromatic heterocycles. The lowest BCUT2D eigenvalue weighted by atomic mass is 10.1. The minimum atomic E-state index is -3.93. The first-order chi connectivity index (χ1) is 11.9. The van der Waals surface area contributed by atoms with Crippen molar-refractivity contribution < 1.29 is 32.1 Å². The molecule has 8 nitrogen and oxygen atoms in total. The summed E-state index contributed by atoms with van der Waals surface area (Å²) >= 11 is 0. The van der Waals surface area contributed by atoms with Crippen LogP contribution in [0.25, 0.3) is 0 Å². The first-order valence-electron chi connectivity index (χ1n) is 9.21. The molecule has 26 heavy (non-hydrogen) atoms. The number of carbonyl (C=O) groups is 1. The standard InChI is InChI=1S/C17H36N2O6S/c1-6-16(20)12-15(3)18-13-14(2)17(21)25-10-9-19(4,5)8-7-11-26(22,23)24/h14-16,18,20H,6-13H2,1-5H3/p+1. The lowest BCUT2D eigenvalue weighted by Crippen LogP contribution is -2.44. The number of carbonyl (C=O) groups excluding carboxylic acids is 1. The number of rotatable bonds is 14. The van der Waals surface area contributed by atoms with E-state index in [1.807, 2.05) is 27.9 Å². The van der Waals surface area contributed by atoms with Gasteiger partial charge in [0, 0.05) is 19.0 Å². The zero-order chi connectivity index (χ0) is 20.4. The lowest BCUT2D eigenvalue weighted by molar-refractivity contribution is -0.890. The fourth-order valence-electron chi connectivity index (χ4n) is 2.44. The molecule has 9 heteroatoms. The zero-order valence-electron chi connectivity index (χ0n) is 16.8. The van der Waals surface area contributed by atoms with Gasteiger partial charge in [0.15, 0.2) is 0 Å². The van der Waals surface area contributed by atoms with Crippen molar-refractivity contribution in [2.45, 2.75) is 52.2 Å². The number of esters is 1. The molecule has 0 spiro atoms. The normalized spacial score (nSPS) is 16.1.